The first-order valence-corrected chi connectivity index (χ1v) is 7.20. The Morgan fingerprint density at radius 3 is 1.50 bits per heavy atom. The Morgan fingerprint density at radius 1 is 0.591 bits per heavy atom. The second-order valence-electron chi connectivity index (χ2n) is 5.40. The summed E-state index contributed by atoms with van der Waals surface area (Å²) in [5.41, 5.74) is 3.90. The van der Waals surface area contributed by atoms with Gasteiger partial charge in [-0.3, -0.25) is 0 Å². The molecule has 0 aliphatic heterocycles. The fourth-order valence-corrected chi connectivity index (χ4v) is 2.85. The molecule has 2 aromatic heterocycles. The summed E-state index contributed by atoms with van der Waals surface area (Å²) in [6.07, 6.45) is 16.3. The van der Waals surface area contributed by atoms with E-state index in [4.69, 9.17) is 0 Å². The third-order valence-electron chi connectivity index (χ3n) is 3.96. The fraction of sp³-hybridized carbons (Fsp3) is 0. The molecule has 0 bridgehead atoms. The van der Waals surface area contributed by atoms with Crippen molar-refractivity contribution in [2.45, 2.75) is 0 Å². The van der Waals surface area contributed by atoms with Crippen LogP contribution < -0.4 is 0 Å². The zero-order chi connectivity index (χ0) is 14.5. The average molecular weight is 284 g/mol. The van der Waals surface area contributed by atoms with Crippen molar-refractivity contribution in [3.63, 3.8) is 0 Å². The molecule has 3 aromatic rings. The first-order valence-electron chi connectivity index (χ1n) is 7.20. The molecule has 1 aromatic carbocycles. The zero-order valence-corrected chi connectivity index (χ0v) is 11.7. The minimum absolute atomic E-state index is 0.893. The van der Waals surface area contributed by atoms with Gasteiger partial charge in [-0.2, -0.15) is 0 Å². The predicted molar refractivity (Wildman–Crippen MR) is 84.8 cm³/mol. The van der Waals surface area contributed by atoms with Crippen molar-refractivity contribution >= 4 is 22.1 Å². The maximum atomic E-state index is 4.67. The summed E-state index contributed by atoms with van der Waals surface area (Å²) in [7, 11) is 0. The lowest BCUT2D eigenvalue weighted by Gasteiger charge is -2.01. The highest BCUT2D eigenvalue weighted by molar-refractivity contribution is 5.92. The molecular formula is C18H12N4. The lowest BCUT2D eigenvalue weighted by molar-refractivity contribution is 1.10. The zero-order valence-electron chi connectivity index (χ0n) is 11.7. The van der Waals surface area contributed by atoms with Crippen molar-refractivity contribution < 1.29 is 0 Å². The van der Waals surface area contributed by atoms with E-state index < -0.39 is 0 Å². The Morgan fingerprint density at radius 2 is 1.05 bits per heavy atom. The molecule has 5 rings (SSSR count). The average Bonchev–Trinajstić information content (AvgIpc) is 3.27. The van der Waals surface area contributed by atoms with Crippen LogP contribution in [0.15, 0.2) is 12.1 Å². The van der Waals surface area contributed by atoms with E-state index in [1.807, 2.05) is 31.7 Å². The maximum absolute atomic E-state index is 4.67. The Labute approximate surface area is 129 Å². The summed E-state index contributed by atoms with van der Waals surface area (Å²) < 4.78 is 0. The smallest absolute Gasteiger partial charge is 0.115 e. The van der Waals surface area contributed by atoms with Gasteiger partial charge < -0.3 is 9.97 Å². The molecule has 2 saturated carbocycles. The second kappa shape index (κ2) is 4.83. The Hall–Kier alpha value is -1.84. The number of H-pyrrole nitrogens is 2. The highest BCUT2D eigenvalue weighted by atomic mass is 15.0. The van der Waals surface area contributed by atoms with Crippen LogP contribution in [0, 0.1) is 63.2 Å². The molecule has 2 aliphatic rings. The van der Waals surface area contributed by atoms with Gasteiger partial charge in [0.15, 0.2) is 0 Å². The molecule has 2 fully saturated rings. The van der Waals surface area contributed by atoms with E-state index in [1.54, 1.807) is 0 Å². The third kappa shape index (κ3) is 1.97. The number of nitrogens with zero attached hydrogens (tertiary/aromatic N) is 2. The number of imidazole rings is 2. The van der Waals surface area contributed by atoms with E-state index in [0.29, 0.717) is 0 Å². The predicted octanol–water partition coefficient (Wildman–Crippen LogP) is 2.95. The molecule has 10 radical (unpaired) electrons. The van der Waals surface area contributed by atoms with E-state index in [9.17, 15) is 0 Å². The summed E-state index contributed by atoms with van der Waals surface area (Å²) in [6, 6.07) is 4.10. The molecule has 0 spiro atoms. The minimum atomic E-state index is 0.893. The molecule has 2 heterocycles. The van der Waals surface area contributed by atoms with Crippen LogP contribution in [0.4, 0.5) is 0 Å². The van der Waals surface area contributed by atoms with E-state index in [0.717, 1.165) is 45.6 Å². The molecule has 0 unspecified atom stereocenters. The summed E-state index contributed by atoms with van der Waals surface area (Å²) >= 11 is 0. The van der Waals surface area contributed by atoms with Gasteiger partial charge in [0.1, 0.15) is 11.6 Å². The van der Waals surface area contributed by atoms with Gasteiger partial charge in [0.25, 0.3) is 0 Å². The fourth-order valence-electron chi connectivity index (χ4n) is 2.85. The maximum Gasteiger partial charge on any atom is 0.115 e. The third-order valence-corrected chi connectivity index (χ3v) is 3.96. The Kier molecular flexibility index (Phi) is 2.79. The van der Waals surface area contributed by atoms with Crippen LogP contribution in [0.25, 0.3) is 22.1 Å². The summed E-state index contributed by atoms with van der Waals surface area (Å²) in [5.74, 6) is 3.99. The van der Waals surface area contributed by atoms with E-state index >= 15 is 0 Å². The molecular weight excluding hydrogens is 272 g/mol. The Balaban J connectivity index is 1.56. The van der Waals surface area contributed by atoms with E-state index in [1.165, 1.54) is 0 Å². The number of hydrogen-bond donors (Lipinski definition) is 2. The topological polar surface area (TPSA) is 57.4 Å². The molecule has 4 nitrogen and oxygen atoms in total. The van der Waals surface area contributed by atoms with Crippen LogP contribution in [0.1, 0.15) is 11.6 Å². The molecule has 0 atom stereocenters. The number of benzene rings is 1. The molecule has 4 heteroatoms. The van der Waals surface area contributed by atoms with E-state index in [-0.39, 0.29) is 0 Å². The molecule has 22 heavy (non-hydrogen) atoms. The van der Waals surface area contributed by atoms with Crippen LogP contribution in [-0.4, -0.2) is 19.9 Å². The van der Waals surface area contributed by atoms with Crippen LogP contribution in [0.3, 0.4) is 0 Å². The van der Waals surface area contributed by atoms with Gasteiger partial charge >= 0.3 is 0 Å². The molecule has 0 amide bonds. The van der Waals surface area contributed by atoms with Crippen LogP contribution >= 0.6 is 0 Å². The van der Waals surface area contributed by atoms with Crippen LogP contribution in [0.2, 0.25) is 0 Å². The first kappa shape index (κ1) is 12.7. The first-order chi connectivity index (χ1) is 10.9. The summed E-state index contributed by atoms with van der Waals surface area (Å²) in [4.78, 5) is 16.1. The van der Waals surface area contributed by atoms with Crippen molar-refractivity contribution in [2.24, 2.45) is 0 Å². The van der Waals surface area contributed by atoms with Gasteiger partial charge in [-0.15, -0.1) is 0 Å². The molecule has 2 N–H and O–H groups in total. The second-order valence-corrected chi connectivity index (χ2v) is 5.40. The van der Waals surface area contributed by atoms with E-state index in [2.05, 4.69) is 51.7 Å². The van der Waals surface area contributed by atoms with Gasteiger partial charge in [-0.1, -0.05) is 0 Å². The quantitative estimate of drug-likeness (QED) is 0.760. The normalized spacial score (nSPS) is 20.7. The number of aromatic nitrogens is 4. The molecule has 104 valence electrons. The lowest BCUT2D eigenvalue weighted by atomic mass is 10.1. The standard InChI is InChI=1S/C18H12N4/c1-2-6-11(5-1)17-19-13-9-15-16(10-14(13)20-17)22-18(21-15)12-7-3-4-8-12/h1-10H,(H,19,20)(H,21,22). The van der Waals surface area contributed by atoms with Gasteiger partial charge in [-0.05, 0) is 63.5 Å². The van der Waals surface area contributed by atoms with Crippen molar-refractivity contribution in [1.82, 2.24) is 19.9 Å². The number of aromatic amines is 2. The van der Waals surface area contributed by atoms with Crippen molar-refractivity contribution in [2.75, 3.05) is 0 Å². The molecule has 0 saturated heterocycles. The van der Waals surface area contributed by atoms with Crippen molar-refractivity contribution in [3.05, 3.63) is 87.0 Å². The van der Waals surface area contributed by atoms with Gasteiger partial charge in [-0.25, -0.2) is 9.97 Å². The highest BCUT2D eigenvalue weighted by Crippen LogP contribution is 2.32. The van der Waals surface area contributed by atoms with Crippen LogP contribution in [0.5, 0.6) is 0 Å². The van der Waals surface area contributed by atoms with Crippen LogP contribution in [-0.2, 0) is 0 Å². The van der Waals surface area contributed by atoms with Crippen molar-refractivity contribution in [1.29, 1.82) is 0 Å². The van der Waals surface area contributed by atoms with Gasteiger partial charge in [0.2, 0.25) is 0 Å². The van der Waals surface area contributed by atoms with Crippen molar-refractivity contribution in [3.8, 4) is 0 Å². The number of fused-ring (bicyclic) bond motifs is 2. The SMILES string of the molecule is [CH]1[CH][CH][C](c2nc3cc4nc([C]5[CH][CH][CH][CH]5)[nH]c4cc3[nH]2)[CH]1. The largest absolute Gasteiger partial charge is 0.341 e. The molecule has 2 aliphatic carbocycles. The lowest BCUT2D eigenvalue weighted by Crippen LogP contribution is -1.97. The van der Waals surface area contributed by atoms with Gasteiger partial charge in [0, 0.05) is 11.8 Å². The number of hydrogen-bond acceptors (Lipinski definition) is 2. The summed E-state index contributed by atoms with van der Waals surface area (Å²) in [6.45, 7) is 0. The number of rotatable bonds is 2. The Bertz CT molecular complexity index is 699. The monoisotopic (exact) mass is 284 g/mol. The van der Waals surface area contributed by atoms with Gasteiger partial charge in [0.05, 0.1) is 22.1 Å². The number of nitrogens with one attached hydrogen (secondary N) is 2. The summed E-state index contributed by atoms with van der Waals surface area (Å²) in [5, 5.41) is 0. The minimum Gasteiger partial charge on any atom is -0.341 e. The highest BCUT2D eigenvalue weighted by Gasteiger charge is 2.24.